The van der Waals surface area contributed by atoms with Crippen molar-refractivity contribution >= 4 is 28.9 Å². The molecule has 4 aliphatic rings. The number of carbonyl (C=O) groups excluding carboxylic acids is 2. The topological polar surface area (TPSA) is 102 Å². The molecule has 0 spiro atoms. The summed E-state index contributed by atoms with van der Waals surface area (Å²) in [5, 5.41) is 15.2. The lowest BCUT2D eigenvalue weighted by atomic mass is 9.71. The normalized spacial score (nSPS) is 33.3. The second-order valence-electron chi connectivity index (χ2n) is 8.34. The number of oxime groups is 1. The Bertz CT molecular complexity index is 1110. The zero-order valence-corrected chi connectivity index (χ0v) is 15.8. The van der Waals surface area contributed by atoms with Crippen LogP contribution in [-0.4, -0.2) is 28.6 Å². The number of para-hydroxylation sites is 1. The summed E-state index contributed by atoms with van der Waals surface area (Å²) < 4.78 is 0. The van der Waals surface area contributed by atoms with Gasteiger partial charge in [0.15, 0.2) is 0 Å². The van der Waals surface area contributed by atoms with E-state index in [1.54, 1.807) is 24.3 Å². The van der Waals surface area contributed by atoms with Crippen LogP contribution in [0.15, 0.2) is 59.8 Å². The molecule has 2 aliphatic heterocycles. The number of nitrogens with zero attached hydrogens (tertiary/aromatic N) is 3. The highest BCUT2D eigenvalue weighted by Gasteiger charge is 2.70. The van der Waals surface area contributed by atoms with Gasteiger partial charge in [-0.25, -0.2) is 0 Å². The Kier molecular flexibility index (Phi) is 3.45. The quantitative estimate of drug-likeness (QED) is 0.445. The lowest BCUT2D eigenvalue weighted by molar-refractivity contribution is -0.384. The maximum Gasteiger partial charge on any atom is 0.269 e. The van der Waals surface area contributed by atoms with Gasteiger partial charge in [-0.05, 0) is 36.6 Å². The van der Waals surface area contributed by atoms with E-state index in [0.717, 1.165) is 17.7 Å². The predicted molar refractivity (Wildman–Crippen MR) is 106 cm³/mol. The van der Waals surface area contributed by atoms with Crippen LogP contribution >= 0.6 is 0 Å². The maximum atomic E-state index is 13.3. The van der Waals surface area contributed by atoms with E-state index >= 15 is 0 Å². The minimum atomic E-state index is -0.442. The van der Waals surface area contributed by atoms with Gasteiger partial charge in [0.2, 0.25) is 11.8 Å². The van der Waals surface area contributed by atoms with E-state index in [1.165, 1.54) is 17.0 Å². The third-order valence-electron chi connectivity index (χ3n) is 7.08. The van der Waals surface area contributed by atoms with Gasteiger partial charge in [0.1, 0.15) is 6.10 Å². The molecule has 6 atom stereocenters. The van der Waals surface area contributed by atoms with Crippen LogP contribution in [0, 0.1) is 39.7 Å². The zero-order chi connectivity index (χ0) is 20.6. The van der Waals surface area contributed by atoms with Crippen LogP contribution in [0.25, 0.3) is 0 Å². The number of nitro groups is 1. The van der Waals surface area contributed by atoms with Crippen LogP contribution in [0.4, 0.5) is 11.4 Å². The van der Waals surface area contributed by atoms with Crippen molar-refractivity contribution in [3.63, 3.8) is 0 Å². The fraction of sp³-hybridized carbons (Fsp3) is 0.318. The van der Waals surface area contributed by atoms with Crippen LogP contribution in [0.2, 0.25) is 0 Å². The first-order chi connectivity index (χ1) is 14.6. The Morgan fingerprint density at radius 1 is 0.933 bits per heavy atom. The summed E-state index contributed by atoms with van der Waals surface area (Å²) >= 11 is 0. The first-order valence-corrected chi connectivity index (χ1v) is 9.97. The summed E-state index contributed by atoms with van der Waals surface area (Å²) in [6, 6.07) is 15.3. The van der Waals surface area contributed by atoms with Gasteiger partial charge < -0.3 is 4.84 Å². The first-order valence-electron chi connectivity index (χ1n) is 9.97. The minimum absolute atomic E-state index is 0.0119. The van der Waals surface area contributed by atoms with Crippen LogP contribution < -0.4 is 4.90 Å². The Balaban J connectivity index is 1.33. The number of carbonyl (C=O) groups is 2. The Hall–Kier alpha value is -3.55. The van der Waals surface area contributed by atoms with E-state index in [0.29, 0.717) is 5.69 Å². The average Bonchev–Trinajstić information content (AvgIpc) is 3.49. The third kappa shape index (κ3) is 2.13. The molecule has 0 aromatic heterocycles. The van der Waals surface area contributed by atoms with Gasteiger partial charge in [0.25, 0.3) is 5.69 Å². The Labute approximate surface area is 171 Å². The van der Waals surface area contributed by atoms with E-state index in [2.05, 4.69) is 5.16 Å². The number of nitro benzene ring substituents is 1. The van der Waals surface area contributed by atoms with Crippen LogP contribution in [-0.2, 0) is 14.4 Å². The molecular formula is C22H17N3O5. The number of imide groups is 1. The van der Waals surface area contributed by atoms with Crippen LogP contribution in [0.3, 0.4) is 0 Å². The van der Waals surface area contributed by atoms with E-state index in [4.69, 9.17) is 4.84 Å². The summed E-state index contributed by atoms with van der Waals surface area (Å²) in [7, 11) is 0. The molecule has 30 heavy (non-hydrogen) atoms. The van der Waals surface area contributed by atoms with Crippen molar-refractivity contribution in [2.75, 3.05) is 4.90 Å². The lowest BCUT2D eigenvalue weighted by Gasteiger charge is -2.29. The molecule has 150 valence electrons. The number of rotatable bonds is 3. The maximum absolute atomic E-state index is 13.3. The van der Waals surface area contributed by atoms with Gasteiger partial charge in [0, 0.05) is 29.5 Å². The number of fused-ring (bicyclic) bond motifs is 8. The van der Waals surface area contributed by atoms with E-state index in [1.807, 2.05) is 18.2 Å². The molecule has 0 radical (unpaired) electrons. The highest BCUT2D eigenvalue weighted by molar-refractivity contribution is 6.23. The molecule has 2 aromatic carbocycles. The fourth-order valence-corrected chi connectivity index (χ4v) is 5.95. The molecule has 0 N–H and O–H groups in total. The van der Waals surface area contributed by atoms with E-state index in [9.17, 15) is 19.7 Å². The zero-order valence-electron chi connectivity index (χ0n) is 15.8. The van der Waals surface area contributed by atoms with Crippen molar-refractivity contribution in [1.29, 1.82) is 0 Å². The molecule has 6 rings (SSSR count). The van der Waals surface area contributed by atoms with Crippen LogP contribution in [0.5, 0.6) is 0 Å². The molecule has 2 bridgehead atoms. The van der Waals surface area contributed by atoms with Gasteiger partial charge in [-0.1, -0.05) is 23.4 Å². The highest BCUT2D eigenvalue weighted by Crippen LogP contribution is 2.62. The van der Waals surface area contributed by atoms with Crippen molar-refractivity contribution in [2.24, 2.45) is 34.7 Å². The van der Waals surface area contributed by atoms with Gasteiger partial charge in [0.05, 0.1) is 28.2 Å². The second kappa shape index (κ2) is 5.98. The van der Waals surface area contributed by atoms with E-state index in [-0.39, 0.29) is 53.2 Å². The van der Waals surface area contributed by atoms with Gasteiger partial charge >= 0.3 is 0 Å². The number of non-ortho nitro benzene ring substituents is 1. The van der Waals surface area contributed by atoms with Crippen LogP contribution in [0.1, 0.15) is 12.0 Å². The molecule has 2 amide bonds. The van der Waals surface area contributed by atoms with Crippen molar-refractivity contribution in [3.05, 3.63) is 70.3 Å². The summed E-state index contributed by atoms with van der Waals surface area (Å²) in [5.74, 6) is -1.16. The van der Waals surface area contributed by atoms with Crippen molar-refractivity contribution in [3.8, 4) is 0 Å². The molecule has 8 heteroatoms. The predicted octanol–water partition coefficient (Wildman–Crippen LogP) is 2.77. The molecule has 8 nitrogen and oxygen atoms in total. The van der Waals surface area contributed by atoms with Gasteiger partial charge in [-0.15, -0.1) is 0 Å². The molecule has 3 fully saturated rings. The molecule has 2 aliphatic carbocycles. The van der Waals surface area contributed by atoms with E-state index < -0.39 is 4.92 Å². The van der Waals surface area contributed by atoms with Crippen molar-refractivity contribution in [2.45, 2.75) is 12.5 Å². The van der Waals surface area contributed by atoms with Gasteiger partial charge in [-0.3, -0.25) is 24.6 Å². The highest BCUT2D eigenvalue weighted by atomic mass is 16.6. The molecule has 2 heterocycles. The smallest absolute Gasteiger partial charge is 0.269 e. The molecule has 2 saturated carbocycles. The largest absolute Gasteiger partial charge is 0.391 e. The second-order valence-corrected chi connectivity index (χ2v) is 8.34. The third-order valence-corrected chi connectivity index (χ3v) is 7.08. The molecule has 1 saturated heterocycles. The standard InChI is InChI=1S/C22H17N3O5/c26-21-16-14-10-15(17(16)22(27)24(21)12-4-2-1-3-5-12)20-18(14)19(23-30-20)11-6-8-13(9-7-11)25(28)29/h1-9,14-18,20H,10H2. The molecular weight excluding hydrogens is 386 g/mol. The summed E-state index contributed by atoms with van der Waals surface area (Å²) in [5.41, 5.74) is 2.10. The number of amides is 2. The number of anilines is 1. The first kappa shape index (κ1) is 17.3. The molecule has 6 unspecified atom stereocenters. The average molecular weight is 403 g/mol. The summed E-state index contributed by atoms with van der Waals surface area (Å²) in [4.78, 5) is 44.1. The Morgan fingerprint density at radius 3 is 2.27 bits per heavy atom. The minimum Gasteiger partial charge on any atom is -0.391 e. The number of hydrogen-bond donors (Lipinski definition) is 0. The van der Waals surface area contributed by atoms with Crippen molar-refractivity contribution in [1.82, 2.24) is 0 Å². The molecule has 2 aromatic rings. The number of hydrogen-bond acceptors (Lipinski definition) is 6. The summed E-state index contributed by atoms with van der Waals surface area (Å²) in [6.07, 6.45) is 0.533. The number of benzene rings is 2. The SMILES string of the molecule is O=C1C2C3CC(C4C(c5ccc([N+](=O)[O-])cc5)=NOC34)C2C(=O)N1c1ccccc1. The van der Waals surface area contributed by atoms with Gasteiger partial charge in [-0.2, -0.15) is 0 Å². The summed E-state index contributed by atoms with van der Waals surface area (Å²) in [6.45, 7) is 0. The fourth-order valence-electron chi connectivity index (χ4n) is 5.95. The lowest BCUT2D eigenvalue weighted by Crippen LogP contribution is -2.41. The monoisotopic (exact) mass is 403 g/mol. The van der Waals surface area contributed by atoms with Crippen molar-refractivity contribution < 1.29 is 19.3 Å². The Morgan fingerprint density at radius 2 is 1.60 bits per heavy atom.